The van der Waals surface area contributed by atoms with Gasteiger partial charge in [-0.15, -0.1) is 0 Å². The van der Waals surface area contributed by atoms with E-state index in [2.05, 4.69) is 29.1 Å². The highest BCUT2D eigenvalue weighted by molar-refractivity contribution is 5.24. The van der Waals surface area contributed by atoms with E-state index in [0.717, 1.165) is 29.8 Å². The van der Waals surface area contributed by atoms with Crippen molar-refractivity contribution in [1.82, 2.24) is 15.3 Å². The van der Waals surface area contributed by atoms with E-state index in [1.807, 2.05) is 6.92 Å². The molecule has 0 amide bonds. The summed E-state index contributed by atoms with van der Waals surface area (Å²) in [6.45, 7) is 6.98. The lowest BCUT2D eigenvalue weighted by Gasteiger charge is -2.09. The normalized spacial score (nSPS) is 15.9. The molecule has 1 aromatic rings. The van der Waals surface area contributed by atoms with Gasteiger partial charge < -0.3 is 5.32 Å². The predicted molar refractivity (Wildman–Crippen MR) is 56.1 cm³/mol. The van der Waals surface area contributed by atoms with Crippen molar-refractivity contribution in [2.24, 2.45) is 0 Å². The second kappa shape index (κ2) is 3.65. The Bertz CT molecular complexity index is 319. The summed E-state index contributed by atoms with van der Waals surface area (Å²) in [5.41, 5.74) is 3.49. The smallest absolute Gasteiger partial charge is 0.125 e. The number of aryl methyl sites for hydroxylation is 3. The van der Waals surface area contributed by atoms with E-state index < -0.39 is 0 Å². The molecule has 0 radical (unpaired) electrons. The molecule has 0 bridgehead atoms. The van der Waals surface area contributed by atoms with Gasteiger partial charge in [0.15, 0.2) is 0 Å². The van der Waals surface area contributed by atoms with Crippen molar-refractivity contribution in [1.29, 1.82) is 0 Å². The van der Waals surface area contributed by atoms with E-state index in [1.165, 1.54) is 18.4 Å². The quantitative estimate of drug-likeness (QED) is 0.789. The maximum atomic E-state index is 4.38. The van der Waals surface area contributed by atoms with Crippen LogP contribution in [0.15, 0.2) is 0 Å². The third-order valence-corrected chi connectivity index (χ3v) is 2.68. The van der Waals surface area contributed by atoms with Crippen LogP contribution in [0.5, 0.6) is 0 Å². The molecule has 2 rings (SSSR count). The average Bonchev–Trinajstić information content (AvgIpc) is 2.85. The zero-order valence-electron chi connectivity index (χ0n) is 9.09. The first kappa shape index (κ1) is 9.59. The Morgan fingerprint density at radius 2 is 1.71 bits per heavy atom. The van der Waals surface area contributed by atoms with Crippen molar-refractivity contribution in [3.63, 3.8) is 0 Å². The molecular formula is C11H17N3. The lowest BCUT2D eigenvalue weighted by Crippen LogP contribution is -2.18. The topological polar surface area (TPSA) is 37.8 Å². The van der Waals surface area contributed by atoms with Gasteiger partial charge in [-0.1, -0.05) is 0 Å². The van der Waals surface area contributed by atoms with Crippen LogP contribution in [0.4, 0.5) is 0 Å². The highest BCUT2D eigenvalue weighted by Gasteiger charge is 2.20. The van der Waals surface area contributed by atoms with Gasteiger partial charge in [0.25, 0.3) is 0 Å². The molecule has 0 saturated heterocycles. The van der Waals surface area contributed by atoms with Gasteiger partial charge in [-0.3, -0.25) is 0 Å². The molecule has 3 heteroatoms. The second-order valence-corrected chi connectivity index (χ2v) is 4.08. The molecule has 1 heterocycles. The average molecular weight is 191 g/mol. The van der Waals surface area contributed by atoms with Gasteiger partial charge in [-0.25, -0.2) is 9.97 Å². The van der Waals surface area contributed by atoms with E-state index in [-0.39, 0.29) is 0 Å². The van der Waals surface area contributed by atoms with Crippen LogP contribution in [0.2, 0.25) is 0 Å². The fourth-order valence-electron chi connectivity index (χ4n) is 1.70. The number of rotatable bonds is 3. The number of hydrogen-bond donors (Lipinski definition) is 1. The molecule has 0 aromatic carbocycles. The molecule has 1 fully saturated rings. The third-order valence-electron chi connectivity index (χ3n) is 2.68. The summed E-state index contributed by atoms with van der Waals surface area (Å²) in [5, 5.41) is 3.49. The Labute approximate surface area is 85.0 Å². The van der Waals surface area contributed by atoms with E-state index in [0.29, 0.717) is 0 Å². The van der Waals surface area contributed by atoms with Crippen molar-refractivity contribution in [2.45, 2.75) is 46.2 Å². The fourth-order valence-corrected chi connectivity index (χ4v) is 1.70. The van der Waals surface area contributed by atoms with Gasteiger partial charge in [0, 0.05) is 29.5 Å². The molecule has 1 aliphatic rings. The minimum absolute atomic E-state index is 0.745. The second-order valence-electron chi connectivity index (χ2n) is 4.08. The SMILES string of the molecule is Cc1nc(C)c(CNC2CC2)c(C)n1. The van der Waals surface area contributed by atoms with Crippen LogP contribution < -0.4 is 5.32 Å². The maximum Gasteiger partial charge on any atom is 0.125 e. The van der Waals surface area contributed by atoms with Crippen molar-refractivity contribution >= 4 is 0 Å². The standard InChI is InChI=1S/C11H17N3/c1-7-11(6-12-10-4-5-10)8(2)14-9(3)13-7/h10,12H,4-6H2,1-3H3. The molecule has 76 valence electrons. The van der Waals surface area contributed by atoms with E-state index >= 15 is 0 Å². The van der Waals surface area contributed by atoms with Crippen LogP contribution in [0.3, 0.4) is 0 Å². The van der Waals surface area contributed by atoms with Crippen LogP contribution in [-0.2, 0) is 6.54 Å². The summed E-state index contributed by atoms with van der Waals surface area (Å²) >= 11 is 0. The van der Waals surface area contributed by atoms with Gasteiger partial charge in [0.05, 0.1) is 0 Å². The Morgan fingerprint density at radius 3 is 2.21 bits per heavy atom. The zero-order valence-corrected chi connectivity index (χ0v) is 9.09. The summed E-state index contributed by atoms with van der Waals surface area (Å²) in [6.07, 6.45) is 2.65. The highest BCUT2D eigenvalue weighted by atomic mass is 15.0. The molecule has 1 saturated carbocycles. The van der Waals surface area contributed by atoms with E-state index in [9.17, 15) is 0 Å². The number of nitrogens with zero attached hydrogens (tertiary/aromatic N) is 2. The Kier molecular flexibility index (Phi) is 2.50. The van der Waals surface area contributed by atoms with Crippen LogP contribution in [0.1, 0.15) is 35.6 Å². The highest BCUT2D eigenvalue weighted by Crippen LogP contribution is 2.20. The molecule has 14 heavy (non-hydrogen) atoms. The molecule has 0 unspecified atom stereocenters. The first-order valence-corrected chi connectivity index (χ1v) is 5.21. The maximum absolute atomic E-state index is 4.38. The molecule has 0 atom stereocenters. The summed E-state index contributed by atoms with van der Waals surface area (Å²) in [5.74, 6) is 0.871. The first-order valence-electron chi connectivity index (χ1n) is 5.21. The molecule has 1 aliphatic carbocycles. The van der Waals surface area contributed by atoms with Crippen molar-refractivity contribution in [3.05, 3.63) is 22.8 Å². The molecule has 3 nitrogen and oxygen atoms in total. The lowest BCUT2D eigenvalue weighted by molar-refractivity contribution is 0.673. The fraction of sp³-hybridized carbons (Fsp3) is 0.636. The van der Waals surface area contributed by atoms with Crippen molar-refractivity contribution in [3.8, 4) is 0 Å². The van der Waals surface area contributed by atoms with Crippen molar-refractivity contribution in [2.75, 3.05) is 0 Å². The molecule has 0 spiro atoms. The largest absolute Gasteiger partial charge is 0.310 e. The van der Waals surface area contributed by atoms with Crippen LogP contribution in [0.25, 0.3) is 0 Å². The number of aromatic nitrogens is 2. The minimum atomic E-state index is 0.745. The zero-order chi connectivity index (χ0) is 10.1. The van der Waals surface area contributed by atoms with E-state index in [1.54, 1.807) is 0 Å². The summed E-state index contributed by atoms with van der Waals surface area (Å²) < 4.78 is 0. The monoisotopic (exact) mass is 191 g/mol. The van der Waals surface area contributed by atoms with E-state index in [4.69, 9.17) is 0 Å². The Hall–Kier alpha value is -0.960. The predicted octanol–water partition coefficient (Wildman–Crippen LogP) is 1.65. The molecule has 1 aromatic heterocycles. The summed E-state index contributed by atoms with van der Waals surface area (Å²) in [7, 11) is 0. The van der Waals surface area contributed by atoms with Gasteiger partial charge in [-0.2, -0.15) is 0 Å². The number of nitrogens with one attached hydrogen (secondary N) is 1. The van der Waals surface area contributed by atoms with Gasteiger partial charge >= 0.3 is 0 Å². The van der Waals surface area contributed by atoms with Crippen molar-refractivity contribution < 1.29 is 0 Å². The molecule has 0 aliphatic heterocycles. The minimum Gasteiger partial charge on any atom is -0.310 e. The first-order chi connectivity index (χ1) is 6.66. The van der Waals surface area contributed by atoms with Crippen LogP contribution >= 0.6 is 0 Å². The molecule has 1 N–H and O–H groups in total. The third kappa shape index (κ3) is 2.10. The summed E-state index contributed by atoms with van der Waals surface area (Å²) in [4.78, 5) is 8.76. The molecular weight excluding hydrogens is 174 g/mol. The van der Waals surface area contributed by atoms with Crippen LogP contribution in [-0.4, -0.2) is 16.0 Å². The lowest BCUT2D eigenvalue weighted by atomic mass is 10.1. The van der Waals surface area contributed by atoms with Gasteiger partial charge in [-0.05, 0) is 33.6 Å². The Balaban J connectivity index is 2.13. The van der Waals surface area contributed by atoms with Crippen LogP contribution in [0, 0.1) is 20.8 Å². The summed E-state index contributed by atoms with van der Waals surface area (Å²) in [6, 6.07) is 0.745. The number of hydrogen-bond acceptors (Lipinski definition) is 3. The van der Waals surface area contributed by atoms with Gasteiger partial charge in [0.1, 0.15) is 5.82 Å². The van der Waals surface area contributed by atoms with Gasteiger partial charge in [0.2, 0.25) is 0 Å². The Morgan fingerprint density at radius 1 is 1.14 bits per heavy atom.